The van der Waals surface area contributed by atoms with E-state index in [4.69, 9.17) is 4.74 Å². The van der Waals surface area contributed by atoms with Gasteiger partial charge in [0.15, 0.2) is 0 Å². The molecule has 0 aliphatic heterocycles. The van der Waals surface area contributed by atoms with E-state index in [0.29, 0.717) is 18.1 Å². The second-order valence-electron chi connectivity index (χ2n) is 3.92. The fourth-order valence-corrected chi connectivity index (χ4v) is 1.76. The molecule has 1 aliphatic carbocycles. The molecule has 2 nitrogen and oxygen atoms in total. The van der Waals surface area contributed by atoms with Crippen molar-refractivity contribution in [2.75, 3.05) is 6.61 Å². The molecule has 1 fully saturated rings. The Morgan fingerprint density at radius 1 is 1.43 bits per heavy atom. The van der Waals surface area contributed by atoms with Crippen molar-refractivity contribution in [1.82, 2.24) is 0 Å². The zero-order chi connectivity index (χ0) is 10.4. The van der Waals surface area contributed by atoms with Crippen molar-refractivity contribution in [3.63, 3.8) is 0 Å². The van der Waals surface area contributed by atoms with Crippen LogP contribution in [0.2, 0.25) is 0 Å². The Kier molecular flexibility index (Phi) is 4.71. The van der Waals surface area contributed by atoms with E-state index in [2.05, 4.69) is 6.92 Å². The number of carbonyl (C=O) groups is 1. The van der Waals surface area contributed by atoms with Gasteiger partial charge in [0.2, 0.25) is 0 Å². The van der Waals surface area contributed by atoms with Crippen molar-refractivity contribution >= 4 is 5.97 Å². The monoisotopic (exact) mass is 195 g/mol. The second kappa shape index (κ2) is 5.84. The number of esters is 1. The molecule has 0 amide bonds. The van der Waals surface area contributed by atoms with Crippen LogP contribution >= 0.6 is 0 Å². The Morgan fingerprint density at radius 2 is 2.07 bits per heavy atom. The van der Waals surface area contributed by atoms with Crippen molar-refractivity contribution in [3.8, 4) is 0 Å². The molecule has 14 heavy (non-hydrogen) atoms. The smallest absolute Gasteiger partial charge is 0.333 e. The van der Waals surface area contributed by atoms with Crippen molar-refractivity contribution in [2.45, 2.75) is 39.0 Å². The highest BCUT2D eigenvalue weighted by Gasteiger charge is 2.15. The van der Waals surface area contributed by atoms with Gasteiger partial charge in [-0.25, -0.2) is 4.79 Å². The highest BCUT2D eigenvalue weighted by Crippen LogP contribution is 2.23. The van der Waals surface area contributed by atoms with Gasteiger partial charge in [-0.05, 0) is 32.6 Å². The van der Waals surface area contributed by atoms with Crippen LogP contribution < -0.4 is 0 Å². The third-order valence-corrected chi connectivity index (χ3v) is 2.79. The first-order chi connectivity index (χ1) is 6.74. The van der Waals surface area contributed by atoms with E-state index < -0.39 is 0 Å². The SMILES string of the molecule is [CH2]/C(=C\C)C(=O)OCC1CCCCC1. The lowest BCUT2D eigenvalue weighted by Gasteiger charge is -2.21. The van der Waals surface area contributed by atoms with Crippen LogP contribution in [0.3, 0.4) is 0 Å². The number of hydrogen-bond donors (Lipinski definition) is 0. The van der Waals surface area contributed by atoms with Crippen LogP contribution in [0.5, 0.6) is 0 Å². The van der Waals surface area contributed by atoms with Gasteiger partial charge in [-0.2, -0.15) is 0 Å². The summed E-state index contributed by atoms with van der Waals surface area (Å²) in [5.74, 6) is 0.315. The van der Waals surface area contributed by atoms with Gasteiger partial charge >= 0.3 is 5.97 Å². The fraction of sp³-hybridized carbons (Fsp3) is 0.667. The average molecular weight is 195 g/mol. The summed E-state index contributed by atoms with van der Waals surface area (Å²) in [7, 11) is 0. The topological polar surface area (TPSA) is 26.3 Å². The van der Waals surface area contributed by atoms with Crippen LogP contribution in [0, 0.1) is 12.8 Å². The van der Waals surface area contributed by atoms with Crippen molar-refractivity contribution in [3.05, 3.63) is 18.6 Å². The van der Waals surface area contributed by atoms with Crippen molar-refractivity contribution in [1.29, 1.82) is 0 Å². The highest BCUT2D eigenvalue weighted by molar-refractivity contribution is 5.89. The molecule has 1 aliphatic rings. The quantitative estimate of drug-likeness (QED) is 0.511. The molecule has 0 heterocycles. The number of rotatable bonds is 3. The van der Waals surface area contributed by atoms with E-state index in [-0.39, 0.29) is 5.97 Å². The maximum Gasteiger partial charge on any atom is 0.333 e. The summed E-state index contributed by atoms with van der Waals surface area (Å²) in [5.41, 5.74) is 0.459. The lowest BCUT2D eigenvalue weighted by Crippen LogP contribution is -2.17. The lowest BCUT2D eigenvalue weighted by molar-refractivity contribution is -0.140. The molecule has 0 aromatic rings. The Bertz CT molecular complexity index is 212. The van der Waals surface area contributed by atoms with Gasteiger partial charge in [-0.3, -0.25) is 0 Å². The predicted molar refractivity (Wildman–Crippen MR) is 56.6 cm³/mol. The molecule has 0 spiro atoms. The molecular formula is C12H19O2. The van der Waals surface area contributed by atoms with Crippen LogP contribution in [-0.4, -0.2) is 12.6 Å². The average Bonchev–Trinajstić information content (AvgIpc) is 2.26. The van der Waals surface area contributed by atoms with Crippen LogP contribution in [0.1, 0.15) is 39.0 Å². The first-order valence-electron chi connectivity index (χ1n) is 5.39. The zero-order valence-corrected chi connectivity index (χ0v) is 8.92. The lowest BCUT2D eigenvalue weighted by atomic mass is 9.90. The van der Waals surface area contributed by atoms with E-state index >= 15 is 0 Å². The van der Waals surface area contributed by atoms with Gasteiger partial charge in [0.1, 0.15) is 0 Å². The molecule has 0 atom stereocenters. The predicted octanol–water partition coefficient (Wildman–Crippen LogP) is 2.89. The Labute approximate surface area is 86.3 Å². The summed E-state index contributed by atoms with van der Waals surface area (Å²) in [5, 5.41) is 0. The molecule has 1 radical (unpaired) electrons. The van der Waals surface area contributed by atoms with Gasteiger partial charge in [0, 0.05) is 5.57 Å². The number of carbonyl (C=O) groups excluding carboxylic acids is 1. The molecule has 2 heteroatoms. The standard InChI is InChI=1S/C12H19O2/c1-3-10(2)12(13)14-9-11-7-5-4-6-8-11/h3,11H,2,4-9H2,1H3/b10-3+. The first-order valence-corrected chi connectivity index (χ1v) is 5.39. The van der Waals surface area contributed by atoms with Crippen molar-refractivity contribution in [2.24, 2.45) is 5.92 Å². The summed E-state index contributed by atoms with van der Waals surface area (Å²) in [6, 6.07) is 0. The van der Waals surface area contributed by atoms with Crippen LogP contribution in [0.25, 0.3) is 0 Å². The molecule has 1 rings (SSSR count). The third-order valence-electron chi connectivity index (χ3n) is 2.79. The molecule has 0 unspecified atom stereocenters. The van der Waals surface area contributed by atoms with E-state index in [1.165, 1.54) is 32.1 Å². The van der Waals surface area contributed by atoms with E-state index in [0.717, 1.165) is 0 Å². The minimum atomic E-state index is -0.266. The van der Waals surface area contributed by atoms with Gasteiger partial charge in [-0.1, -0.05) is 25.3 Å². The molecule has 0 aromatic heterocycles. The molecule has 0 N–H and O–H groups in total. The van der Waals surface area contributed by atoms with E-state index in [9.17, 15) is 4.79 Å². The van der Waals surface area contributed by atoms with Gasteiger partial charge < -0.3 is 4.74 Å². The number of allylic oxidation sites excluding steroid dienone is 1. The Morgan fingerprint density at radius 3 is 2.64 bits per heavy atom. The molecule has 79 valence electrons. The van der Waals surface area contributed by atoms with Gasteiger partial charge in [0.25, 0.3) is 0 Å². The maximum absolute atomic E-state index is 11.3. The third kappa shape index (κ3) is 3.52. The van der Waals surface area contributed by atoms with Gasteiger partial charge in [0.05, 0.1) is 6.61 Å². The molecular weight excluding hydrogens is 176 g/mol. The van der Waals surface area contributed by atoms with Crippen LogP contribution in [0.4, 0.5) is 0 Å². The van der Waals surface area contributed by atoms with Gasteiger partial charge in [-0.15, -0.1) is 0 Å². The van der Waals surface area contributed by atoms with Crippen LogP contribution in [0.15, 0.2) is 11.6 Å². The second-order valence-corrected chi connectivity index (χ2v) is 3.92. The minimum Gasteiger partial charge on any atom is -0.462 e. The summed E-state index contributed by atoms with van der Waals surface area (Å²) >= 11 is 0. The van der Waals surface area contributed by atoms with Crippen LogP contribution in [-0.2, 0) is 9.53 Å². The largest absolute Gasteiger partial charge is 0.462 e. The highest BCUT2D eigenvalue weighted by atomic mass is 16.5. The number of ether oxygens (including phenoxy) is 1. The minimum absolute atomic E-state index is 0.266. The molecule has 0 saturated heterocycles. The number of hydrogen-bond acceptors (Lipinski definition) is 2. The molecule has 0 aromatic carbocycles. The summed E-state index contributed by atoms with van der Waals surface area (Å²) in [4.78, 5) is 11.3. The summed E-state index contributed by atoms with van der Waals surface area (Å²) < 4.78 is 5.16. The van der Waals surface area contributed by atoms with E-state index in [1.807, 2.05) is 0 Å². The summed E-state index contributed by atoms with van der Waals surface area (Å²) in [6.45, 7) is 5.98. The zero-order valence-electron chi connectivity index (χ0n) is 8.92. The van der Waals surface area contributed by atoms with Crippen molar-refractivity contribution < 1.29 is 9.53 Å². The Hall–Kier alpha value is -0.790. The molecule has 0 bridgehead atoms. The maximum atomic E-state index is 11.3. The normalized spacial score (nSPS) is 19.4. The fourth-order valence-electron chi connectivity index (χ4n) is 1.76. The first kappa shape index (κ1) is 11.3. The van der Waals surface area contributed by atoms with E-state index in [1.54, 1.807) is 13.0 Å². The summed E-state index contributed by atoms with van der Waals surface area (Å²) in [6.07, 6.45) is 7.99. The Balaban J connectivity index is 2.22. The molecule has 1 saturated carbocycles.